The van der Waals surface area contributed by atoms with Crippen molar-refractivity contribution < 1.29 is 19.6 Å². The maximum Gasteiger partial charge on any atom is 0.295 e. The summed E-state index contributed by atoms with van der Waals surface area (Å²) in [6.07, 6.45) is 0. The minimum absolute atomic E-state index is 0.0196. The lowest BCUT2D eigenvalue weighted by atomic mass is 9.95. The molecule has 2 aromatic rings. The highest BCUT2D eigenvalue weighted by Crippen LogP contribution is 2.39. The van der Waals surface area contributed by atoms with E-state index in [9.17, 15) is 24.8 Å². The Morgan fingerprint density at radius 2 is 1.72 bits per heavy atom. The average Bonchev–Trinajstić information content (AvgIpc) is 2.97. The van der Waals surface area contributed by atoms with Crippen LogP contribution in [0.3, 0.4) is 0 Å². The van der Waals surface area contributed by atoms with Crippen molar-refractivity contribution in [3.63, 3.8) is 0 Å². The van der Waals surface area contributed by atoms with E-state index >= 15 is 0 Å². The molecule has 0 radical (unpaired) electrons. The van der Waals surface area contributed by atoms with Crippen molar-refractivity contribution in [2.75, 3.05) is 27.2 Å². The number of ketones is 1. The summed E-state index contributed by atoms with van der Waals surface area (Å²) in [6.45, 7) is 0.863. The third kappa shape index (κ3) is 4.02. The summed E-state index contributed by atoms with van der Waals surface area (Å²) in [6, 6.07) is 13.5. The third-order valence-corrected chi connectivity index (χ3v) is 4.79. The molecule has 8 nitrogen and oxygen atoms in total. The van der Waals surface area contributed by atoms with E-state index in [4.69, 9.17) is 0 Å². The SMILES string of the molecule is CN(C)CCN1C(=O)C(=O)/C(=C(\O)c2ccc([N+](=O)[O-])cc2)C1c1ccccc1. The lowest BCUT2D eigenvalue weighted by Crippen LogP contribution is -2.35. The molecule has 0 aliphatic carbocycles. The van der Waals surface area contributed by atoms with Crippen molar-refractivity contribution in [3.8, 4) is 0 Å². The highest BCUT2D eigenvalue weighted by atomic mass is 16.6. The Kier molecular flexibility index (Phi) is 5.74. The number of nitrogens with zero attached hydrogens (tertiary/aromatic N) is 3. The molecule has 1 saturated heterocycles. The van der Waals surface area contributed by atoms with Gasteiger partial charge in [-0.25, -0.2) is 0 Å². The standard InChI is InChI=1S/C21H21N3O5/c1-22(2)12-13-23-18(14-6-4-3-5-7-14)17(20(26)21(23)27)19(25)15-8-10-16(11-9-15)24(28)29/h3-11,18,25H,12-13H2,1-2H3/b19-17-. The summed E-state index contributed by atoms with van der Waals surface area (Å²) in [7, 11) is 3.73. The summed E-state index contributed by atoms with van der Waals surface area (Å²) < 4.78 is 0. The van der Waals surface area contributed by atoms with E-state index in [-0.39, 0.29) is 22.6 Å². The smallest absolute Gasteiger partial charge is 0.295 e. The van der Waals surface area contributed by atoms with Crippen LogP contribution in [-0.2, 0) is 9.59 Å². The molecule has 1 atom stereocenters. The Morgan fingerprint density at radius 1 is 1.10 bits per heavy atom. The normalized spacial score (nSPS) is 18.4. The zero-order chi connectivity index (χ0) is 21.1. The molecule has 0 bridgehead atoms. The van der Waals surface area contributed by atoms with Gasteiger partial charge in [0, 0.05) is 30.8 Å². The molecule has 0 saturated carbocycles. The molecule has 3 rings (SSSR count). The molecular formula is C21H21N3O5. The van der Waals surface area contributed by atoms with E-state index in [2.05, 4.69) is 0 Å². The number of amides is 1. The molecule has 1 heterocycles. The summed E-state index contributed by atoms with van der Waals surface area (Å²) in [5, 5.41) is 21.7. The summed E-state index contributed by atoms with van der Waals surface area (Å²) >= 11 is 0. The summed E-state index contributed by atoms with van der Waals surface area (Å²) in [5.74, 6) is -1.79. The third-order valence-electron chi connectivity index (χ3n) is 4.79. The van der Waals surface area contributed by atoms with Crippen molar-refractivity contribution in [3.05, 3.63) is 81.4 Å². The molecular weight excluding hydrogens is 374 g/mol. The molecule has 1 amide bonds. The van der Waals surface area contributed by atoms with Gasteiger partial charge in [-0.2, -0.15) is 0 Å². The van der Waals surface area contributed by atoms with Crippen LogP contribution in [0.4, 0.5) is 5.69 Å². The highest BCUT2D eigenvalue weighted by Gasteiger charge is 2.45. The van der Waals surface area contributed by atoms with Gasteiger partial charge in [-0.3, -0.25) is 19.7 Å². The second-order valence-electron chi connectivity index (χ2n) is 7.01. The van der Waals surface area contributed by atoms with Gasteiger partial charge in [-0.15, -0.1) is 0 Å². The molecule has 0 aromatic heterocycles. The Hall–Kier alpha value is -3.52. The number of benzene rings is 2. The van der Waals surface area contributed by atoms with Crippen LogP contribution in [-0.4, -0.2) is 58.7 Å². The largest absolute Gasteiger partial charge is 0.507 e. The fourth-order valence-corrected chi connectivity index (χ4v) is 3.30. The number of Topliss-reactive ketones (excluding diaryl/α,β-unsaturated/α-hetero) is 1. The molecule has 2 aromatic carbocycles. The van der Waals surface area contributed by atoms with Gasteiger partial charge >= 0.3 is 0 Å². The number of aliphatic hydroxyl groups is 1. The second-order valence-corrected chi connectivity index (χ2v) is 7.01. The number of rotatable bonds is 6. The van der Waals surface area contributed by atoms with Crippen LogP contribution >= 0.6 is 0 Å². The minimum Gasteiger partial charge on any atom is -0.507 e. The van der Waals surface area contributed by atoms with Crippen LogP contribution in [0.1, 0.15) is 17.2 Å². The monoisotopic (exact) mass is 395 g/mol. The molecule has 1 aliphatic heterocycles. The summed E-state index contributed by atoms with van der Waals surface area (Å²) in [5.41, 5.74) is 0.789. The lowest BCUT2D eigenvalue weighted by Gasteiger charge is -2.26. The molecule has 1 N–H and O–H groups in total. The first-order valence-corrected chi connectivity index (χ1v) is 9.04. The number of non-ortho nitro benzene ring substituents is 1. The minimum atomic E-state index is -0.770. The van der Waals surface area contributed by atoms with E-state index in [0.717, 1.165) is 0 Å². The summed E-state index contributed by atoms with van der Waals surface area (Å²) in [4.78, 5) is 39.2. The van der Waals surface area contributed by atoms with Gasteiger partial charge in [0.1, 0.15) is 5.76 Å². The lowest BCUT2D eigenvalue weighted by molar-refractivity contribution is -0.384. The molecule has 1 aliphatic rings. The van der Waals surface area contributed by atoms with E-state index in [1.54, 1.807) is 24.3 Å². The maximum absolute atomic E-state index is 12.8. The predicted octanol–water partition coefficient (Wildman–Crippen LogP) is 2.58. The Labute approximate surface area is 167 Å². The number of likely N-dealkylation sites (N-methyl/N-ethyl adjacent to an activating group) is 1. The number of nitro groups is 1. The van der Waals surface area contributed by atoms with Gasteiger partial charge in [0.2, 0.25) is 0 Å². The van der Waals surface area contributed by atoms with Gasteiger partial charge in [0.25, 0.3) is 17.4 Å². The fraction of sp³-hybridized carbons (Fsp3) is 0.238. The zero-order valence-electron chi connectivity index (χ0n) is 16.1. The Balaban J connectivity index is 2.10. The van der Waals surface area contributed by atoms with E-state index in [1.807, 2.05) is 25.1 Å². The second kappa shape index (κ2) is 8.24. The molecule has 0 spiro atoms. The van der Waals surface area contributed by atoms with Gasteiger partial charge in [-0.1, -0.05) is 30.3 Å². The van der Waals surface area contributed by atoms with Crippen LogP contribution in [0.25, 0.3) is 5.76 Å². The van der Waals surface area contributed by atoms with E-state index in [0.29, 0.717) is 18.7 Å². The van der Waals surface area contributed by atoms with Crippen LogP contribution in [0.15, 0.2) is 60.2 Å². The molecule has 150 valence electrons. The number of hydrogen-bond donors (Lipinski definition) is 1. The number of nitro benzene ring substituents is 1. The van der Waals surface area contributed by atoms with Crippen LogP contribution < -0.4 is 0 Å². The molecule has 1 fully saturated rings. The van der Waals surface area contributed by atoms with Crippen LogP contribution in [0.2, 0.25) is 0 Å². The first-order chi connectivity index (χ1) is 13.8. The van der Waals surface area contributed by atoms with E-state index < -0.39 is 22.7 Å². The number of carbonyl (C=O) groups is 2. The van der Waals surface area contributed by atoms with Crippen molar-refractivity contribution in [2.45, 2.75) is 6.04 Å². The van der Waals surface area contributed by atoms with Crippen LogP contribution in [0.5, 0.6) is 0 Å². The average molecular weight is 395 g/mol. The Morgan fingerprint density at radius 3 is 2.28 bits per heavy atom. The van der Waals surface area contributed by atoms with Gasteiger partial charge in [0.05, 0.1) is 16.5 Å². The topological polar surface area (TPSA) is 104 Å². The first-order valence-electron chi connectivity index (χ1n) is 9.04. The number of hydrogen-bond acceptors (Lipinski definition) is 6. The number of likely N-dealkylation sites (tertiary alicyclic amines) is 1. The van der Waals surface area contributed by atoms with Gasteiger partial charge < -0.3 is 14.9 Å². The quantitative estimate of drug-likeness (QED) is 0.265. The Bertz CT molecular complexity index is 968. The van der Waals surface area contributed by atoms with E-state index in [1.165, 1.54) is 29.2 Å². The van der Waals surface area contributed by atoms with Crippen molar-refractivity contribution in [1.29, 1.82) is 0 Å². The number of carbonyl (C=O) groups excluding carboxylic acids is 2. The first kappa shape index (κ1) is 20.2. The zero-order valence-corrected chi connectivity index (χ0v) is 16.1. The van der Waals surface area contributed by atoms with Gasteiger partial charge in [0.15, 0.2) is 0 Å². The van der Waals surface area contributed by atoms with Crippen molar-refractivity contribution >= 4 is 23.1 Å². The molecule has 29 heavy (non-hydrogen) atoms. The predicted molar refractivity (Wildman–Crippen MR) is 107 cm³/mol. The highest BCUT2D eigenvalue weighted by molar-refractivity contribution is 6.46. The van der Waals surface area contributed by atoms with Crippen molar-refractivity contribution in [1.82, 2.24) is 9.80 Å². The maximum atomic E-state index is 12.8. The van der Waals surface area contributed by atoms with Crippen LogP contribution in [0, 0.1) is 10.1 Å². The fourth-order valence-electron chi connectivity index (χ4n) is 3.30. The van der Waals surface area contributed by atoms with Crippen molar-refractivity contribution in [2.24, 2.45) is 0 Å². The van der Waals surface area contributed by atoms with Gasteiger partial charge in [-0.05, 0) is 31.8 Å². The molecule has 8 heteroatoms. The number of aliphatic hydroxyl groups excluding tert-OH is 1. The molecule has 1 unspecified atom stereocenters.